The van der Waals surface area contributed by atoms with Crippen LogP contribution in [-0.2, 0) is 0 Å². The first-order valence-electron chi connectivity index (χ1n) is 6.79. The molecule has 1 saturated heterocycles. The number of benzene rings is 1. The Kier molecular flexibility index (Phi) is 5.30. The minimum atomic E-state index is -0.0242. The van der Waals surface area contributed by atoms with E-state index in [9.17, 15) is 4.79 Å². The molecule has 0 saturated carbocycles. The van der Waals surface area contributed by atoms with Crippen LogP contribution in [0.4, 0.5) is 0 Å². The maximum absolute atomic E-state index is 12.1. The van der Waals surface area contributed by atoms with Gasteiger partial charge in [-0.05, 0) is 43.7 Å². The van der Waals surface area contributed by atoms with E-state index in [4.69, 9.17) is 0 Å². The minimum Gasteiger partial charge on any atom is -0.348 e. The summed E-state index contributed by atoms with van der Waals surface area (Å²) in [5.41, 5.74) is 1.55. The van der Waals surface area contributed by atoms with Gasteiger partial charge < -0.3 is 10.6 Å². The fraction of sp³-hybridized carbons (Fsp3) is 0.357. The molecule has 112 valence electrons. The normalized spacial score (nSPS) is 17.8. The highest BCUT2D eigenvalue weighted by Crippen LogP contribution is 2.09. The summed E-state index contributed by atoms with van der Waals surface area (Å²) in [7, 11) is 0. The second kappa shape index (κ2) is 7.19. The smallest absolute Gasteiger partial charge is 0.251 e. The van der Waals surface area contributed by atoms with Gasteiger partial charge in [-0.25, -0.2) is 9.67 Å². The molecule has 0 bridgehead atoms. The van der Waals surface area contributed by atoms with Crippen LogP contribution in [0, 0.1) is 0 Å². The summed E-state index contributed by atoms with van der Waals surface area (Å²) < 4.78 is 1.66. The number of aromatic nitrogens is 3. The summed E-state index contributed by atoms with van der Waals surface area (Å²) in [6, 6.07) is 7.57. The zero-order valence-corrected chi connectivity index (χ0v) is 12.3. The molecule has 2 heterocycles. The van der Waals surface area contributed by atoms with Gasteiger partial charge in [0, 0.05) is 18.2 Å². The number of amides is 1. The Morgan fingerprint density at radius 3 is 2.76 bits per heavy atom. The molecule has 0 unspecified atom stereocenters. The number of nitrogens with zero attached hydrogens (tertiary/aromatic N) is 3. The van der Waals surface area contributed by atoms with E-state index >= 15 is 0 Å². The second-order valence-electron chi connectivity index (χ2n) is 4.90. The first-order valence-corrected chi connectivity index (χ1v) is 6.79. The molecule has 1 aliphatic heterocycles. The largest absolute Gasteiger partial charge is 0.348 e. The van der Waals surface area contributed by atoms with E-state index in [1.807, 2.05) is 24.3 Å². The monoisotopic (exact) mass is 307 g/mol. The van der Waals surface area contributed by atoms with Crippen LogP contribution >= 0.6 is 12.4 Å². The highest BCUT2D eigenvalue weighted by atomic mass is 35.5. The molecule has 3 rings (SSSR count). The van der Waals surface area contributed by atoms with Crippen molar-refractivity contribution in [1.29, 1.82) is 0 Å². The minimum absolute atomic E-state index is 0. The molecule has 1 aliphatic rings. The third-order valence-corrected chi connectivity index (χ3v) is 3.44. The van der Waals surface area contributed by atoms with Gasteiger partial charge in [-0.2, -0.15) is 5.10 Å². The zero-order chi connectivity index (χ0) is 13.8. The molecule has 1 aromatic heterocycles. The van der Waals surface area contributed by atoms with Crippen molar-refractivity contribution in [3.8, 4) is 5.69 Å². The van der Waals surface area contributed by atoms with Gasteiger partial charge in [-0.15, -0.1) is 12.4 Å². The third-order valence-electron chi connectivity index (χ3n) is 3.44. The van der Waals surface area contributed by atoms with E-state index in [2.05, 4.69) is 20.7 Å². The van der Waals surface area contributed by atoms with Crippen LogP contribution in [0.25, 0.3) is 5.69 Å². The predicted octanol–water partition coefficient (Wildman–Crippen LogP) is 1.17. The quantitative estimate of drug-likeness (QED) is 0.893. The Morgan fingerprint density at radius 1 is 1.33 bits per heavy atom. The Morgan fingerprint density at radius 2 is 2.14 bits per heavy atom. The lowest BCUT2D eigenvalue weighted by atomic mass is 10.1. The number of carbonyl (C=O) groups excluding carboxylic acids is 1. The molecule has 0 radical (unpaired) electrons. The molecule has 2 aromatic rings. The van der Waals surface area contributed by atoms with Gasteiger partial charge in [0.15, 0.2) is 0 Å². The van der Waals surface area contributed by atoms with Crippen LogP contribution in [0.3, 0.4) is 0 Å². The lowest BCUT2D eigenvalue weighted by Gasteiger charge is -2.23. The summed E-state index contributed by atoms with van der Waals surface area (Å²) in [5.74, 6) is -0.0242. The number of piperidine rings is 1. The van der Waals surface area contributed by atoms with Crippen LogP contribution in [0.5, 0.6) is 0 Å². The maximum atomic E-state index is 12.1. The summed E-state index contributed by atoms with van der Waals surface area (Å²) in [4.78, 5) is 16.0. The lowest BCUT2D eigenvalue weighted by Crippen LogP contribution is -2.45. The SMILES string of the molecule is Cl.O=C(N[C@H]1CCCNC1)c1ccc(-n2cncn2)cc1. The van der Waals surface area contributed by atoms with E-state index in [1.165, 1.54) is 6.33 Å². The molecule has 1 atom stereocenters. The standard InChI is InChI=1S/C14H17N5O.ClH/c20-14(18-12-2-1-7-15-8-12)11-3-5-13(6-4-11)19-10-16-9-17-19;/h3-6,9-10,12,15H,1-2,7-8H2,(H,18,20);1H/t12-;/m0./s1. The van der Waals surface area contributed by atoms with Crippen molar-refractivity contribution in [3.63, 3.8) is 0 Å². The molecule has 1 fully saturated rings. The van der Waals surface area contributed by atoms with Crippen molar-refractivity contribution in [2.24, 2.45) is 0 Å². The Hall–Kier alpha value is -1.92. The molecule has 1 aromatic carbocycles. The average molecular weight is 308 g/mol. The number of halogens is 1. The molecular weight excluding hydrogens is 290 g/mol. The molecule has 0 spiro atoms. The maximum Gasteiger partial charge on any atom is 0.251 e. The second-order valence-corrected chi connectivity index (χ2v) is 4.90. The third kappa shape index (κ3) is 3.80. The van der Waals surface area contributed by atoms with Crippen molar-refractivity contribution in [3.05, 3.63) is 42.5 Å². The van der Waals surface area contributed by atoms with E-state index in [0.717, 1.165) is 31.6 Å². The molecule has 1 amide bonds. The Balaban J connectivity index is 0.00000161. The highest BCUT2D eigenvalue weighted by molar-refractivity contribution is 5.94. The summed E-state index contributed by atoms with van der Waals surface area (Å²) >= 11 is 0. The van der Waals surface area contributed by atoms with E-state index in [0.29, 0.717) is 5.56 Å². The number of carbonyl (C=O) groups is 1. The summed E-state index contributed by atoms with van der Waals surface area (Å²) in [6.45, 7) is 1.89. The fourth-order valence-corrected chi connectivity index (χ4v) is 2.35. The van der Waals surface area contributed by atoms with Crippen molar-refractivity contribution in [2.45, 2.75) is 18.9 Å². The topological polar surface area (TPSA) is 71.8 Å². The summed E-state index contributed by atoms with van der Waals surface area (Å²) in [5, 5.41) is 10.4. The molecule has 0 aliphatic carbocycles. The van der Waals surface area contributed by atoms with Crippen molar-refractivity contribution < 1.29 is 4.79 Å². The Bertz CT molecular complexity index is 564. The van der Waals surface area contributed by atoms with Gasteiger partial charge in [0.1, 0.15) is 12.7 Å². The first kappa shape index (κ1) is 15.5. The van der Waals surface area contributed by atoms with Gasteiger partial charge in [-0.1, -0.05) is 0 Å². The molecule has 2 N–H and O–H groups in total. The van der Waals surface area contributed by atoms with Crippen LogP contribution in [-0.4, -0.2) is 39.8 Å². The van der Waals surface area contributed by atoms with Crippen LogP contribution in [0.1, 0.15) is 23.2 Å². The van der Waals surface area contributed by atoms with Gasteiger partial charge >= 0.3 is 0 Å². The first-order chi connectivity index (χ1) is 9.83. The van der Waals surface area contributed by atoms with E-state index in [1.54, 1.807) is 11.0 Å². The fourth-order valence-electron chi connectivity index (χ4n) is 2.35. The van der Waals surface area contributed by atoms with Gasteiger partial charge in [0.2, 0.25) is 0 Å². The van der Waals surface area contributed by atoms with Crippen LogP contribution < -0.4 is 10.6 Å². The van der Waals surface area contributed by atoms with Gasteiger partial charge in [0.25, 0.3) is 5.91 Å². The van der Waals surface area contributed by atoms with Gasteiger partial charge in [-0.3, -0.25) is 4.79 Å². The van der Waals surface area contributed by atoms with Crippen molar-refractivity contribution in [2.75, 3.05) is 13.1 Å². The molecular formula is C14H18ClN5O. The zero-order valence-electron chi connectivity index (χ0n) is 11.5. The van der Waals surface area contributed by atoms with E-state index in [-0.39, 0.29) is 24.4 Å². The Labute approximate surface area is 129 Å². The molecule has 6 nitrogen and oxygen atoms in total. The number of rotatable bonds is 3. The summed E-state index contributed by atoms with van der Waals surface area (Å²) in [6.07, 6.45) is 5.26. The average Bonchev–Trinajstić information content (AvgIpc) is 3.03. The van der Waals surface area contributed by atoms with Crippen LogP contribution in [0.15, 0.2) is 36.9 Å². The number of hydrogen-bond acceptors (Lipinski definition) is 4. The number of nitrogens with one attached hydrogen (secondary N) is 2. The number of hydrogen-bond donors (Lipinski definition) is 2. The van der Waals surface area contributed by atoms with Crippen molar-refractivity contribution in [1.82, 2.24) is 25.4 Å². The predicted molar refractivity (Wildman–Crippen MR) is 82.0 cm³/mol. The highest BCUT2D eigenvalue weighted by Gasteiger charge is 2.16. The van der Waals surface area contributed by atoms with Crippen molar-refractivity contribution >= 4 is 18.3 Å². The molecule has 21 heavy (non-hydrogen) atoms. The lowest BCUT2D eigenvalue weighted by molar-refractivity contribution is 0.0930. The van der Waals surface area contributed by atoms with E-state index < -0.39 is 0 Å². The van der Waals surface area contributed by atoms with Gasteiger partial charge in [0.05, 0.1) is 5.69 Å². The van der Waals surface area contributed by atoms with Crippen LogP contribution in [0.2, 0.25) is 0 Å². The molecule has 7 heteroatoms.